The highest BCUT2D eigenvalue weighted by Crippen LogP contribution is 1.93. The van der Waals surface area contributed by atoms with Gasteiger partial charge in [-0.2, -0.15) is 5.10 Å². The Kier molecular flexibility index (Phi) is 1.15. The predicted octanol–water partition coefficient (Wildman–Crippen LogP) is -1.32. The Balaban J connectivity index is 2.48. The highest BCUT2D eigenvalue weighted by atomic mass is 16.1. The third kappa shape index (κ3) is 0.776. The molecule has 0 saturated carbocycles. The predicted molar refractivity (Wildman–Crippen MR) is 29.2 cm³/mol. The number of carbonyl (C=O) groups excluding carboxylic acids is 1. The summed E-state index contributed by atoms with van der Waals surface area (Å²) in [5.41, 5.74) is 7.55. The van der Waals surface area contributed by atoms with Crippen LogP contribution >= 0.6 is 0 Å². The molecule has 0 bridgehead atoms. The molecule has 44 valence electrons. The largest absolute Gasteiger partial charge is 0.369 e. The topological polar surface area (TPSA) is 67.5 Å². The van der Waals surface area contributed by atoms with Crippen LogP contribution in [-0.4, -0.2) is 18.7 Å². The minimum Gasteiger partial charge on any atom is -0.369 e. The van der Waals surface area contributed by atoms with E-state index in [4.69, 9.17) is 5.73 Å². The standard InChI is InChI=1S/C4H7N3O/c5-4(8)3-1-6-7-2-3/h1,3,7H,2H2,(H2,5,8). The number of primary amides is 1. The van der Waals surface area contributed by atoms with E-state index in [-0.39, 0.29) is 11.8 Å². The SMILES string of the molecule is NC(=O)C1C=NNC1. The van der Waals surface area contributed by atoms with E-state index in [1.165, 1.54) is 6.21 Å². The van der Waals surface area contributed by atoms with Gasteiger partial charge in [-0.05, 0) is 0 Å². The number of rotatable bonds is 1. The van der Waals surface area contributed by atoms with Gasteiger partial charge in [-0.25, -0.2) is 0 Å². The summed E-state index contributed by atoms with van der Waals surface area (Å²) < 4.78 is 0. The van der Waals surface area contributed by atoms with E-state index in [2.05, 4.69) is 10.5 Å². The molecular weight excluding hydrogens is 106 g/mol. The number of nitrogens with zero attached hydrogens (tertiary/aromatic N) is 1. The Hall–Kier alpha value is -1.06. The molecule has 0 aromatic rings. The molecule has 1 unspecified atom stereocenters. The minimum absolute atomic E-state index is 0.199. The summed E-state index contributed by atoms with van der Waals surface area (Å²) in [5, 5.41) is 3.61. The monoisotopic (exact) mass is 113 g/mol. The van der Waals surface area contributed by atoms with Crippen molar-refractivity contribution in [2.45, 2.75) is 0 Å². The lowest BCUT2D eigenvalue weighted by Crippen LogP contribution is -2.27. The number of hydrogen-bond donors (Lipinski definition) is 2. The molecule has 1 aliphatic heterocycles. The second kappa shape index (κ2) is 1.81. The van der Waals surface area contributed by atoms with E-state index in [0.717, 1.165) is 0 Å². The molecule has 4 nitrogen and oxygen atoms in total. The van der Waals surface area contributed by atoms with E-state index in [1.807, 2.05) is 0 Å². The van der Waals surface area contributed by atoms with Gasteiger partial charge in [0, 0.05) is 12.8 Å². The zero-order valence-corrected chi connectivity index (χ0v) is 4.29. The number of amides is 1. The molecule has 1 aliphatic rings. The molecule has 4 heteroatoms. The molecule has 0 aromatic heterocycles. The van der Waals surface area contributed by atoms with Gasteiger partial charge in [0.15, 0.2) is 0 Å². The van der Waals surface area contributed by atoms with Crippen molar-refractivity contribution in [2.75, 3.05) is 6.54 Å². The summed E-state index contributed by atoms with van der Waals surface area (Å²) in [5.74, 6) is -0.520. The maximum atomic E-state index is 10.3. The fourth-order valence-electron chi connectivity index (χ4n) is 0.520. The summed E-state index contributed by atoms with van der Waals surface area (Å²) in [6.07, 6.45) is 1.52. The van der Waals surface area contributed by atoms with Crippen LogP contribution in [0.2, 0.25) is 0 Å². The fourth-order valence-corrected chi connectivity index (χ4v) is 0.520. The first-order valence-electron chi connectivity index (χ1n) is 2.36. The van der Waals surface area contributed by atoms with Crippen LogP contribution in [0.4, 0.5) is 0 Å². The van der Waals surface area contributed by atoms with Crippen LogP contribution in [0.15, 0.2) is 5.10 Å². The second-order valence-electron chi connectivity index (χ2n) is 1.65. The third-order valence-electron chi connectivity index (χ3n) is 1.02. The van der Waals surface area contributed by atoms with Crippen molar-refractivity contribution in [1.29, 1.82) is 0 Å². The number of hydrogen-bond acceptors (Lipinski definition) is 3. The number of hydrazone groups is 1. The van der Waals surface area contributed by atoms with Crippen molar-refractivity contribution in [3.63, 3.8) is 0 Å². The van der Waals surface area contributed by atoms with E-state index in [0.29, 0.717) is 6.54 Å². The van der Waals surface area contributed by atoms with Crippen molar-refractivity contribution in [3.8, 4) is 0 Å². The Labute approximate surface area is 46.7 Å². The normalized spacial score (nSPS) is 25.2. The van der Waals surface area contributed by atoms with Crippen LogP contribution in [0.3, 0.4) is 0 Å². The van der Waals surface area contributed by atoms with Gasteiger partial charge in [0.05, 0.1) is 5.92 Å². The third-order valence-corrected chi connectivity index (χ3v) is 1.02. The average molecular weight is 113 g/mol. The number of nitrogens with one attached hydrogen (secondary N) is 1. The Morgan fingerprint density at radius 1 is 2.00 bits per heavy atom. The Morgan fingerprint density at radius 2 is 2.75 bits per heavy atom. The Morgan fingerprint density at radius 3 is 3.00 bits per heavy atom. The summed E-state index contributed by atoms with van der Waals surface area (Å²) >= 11 is 0. The zero-order valence-electron chi connectivity index (χ0n) is 4.29. The molecule has 8 heavy (non-hydrogen) atoms. The molecule has 0 spiro atoms. The molecule has 1 amide bonds. The van der Waals surface area contributed by atoms with Crippen molar-refractivity contribution >= 4 is 12.1 Å². The van der Waals surface area contributed by atoms with Crippen LogP contribution in [0.5, 0.6) is 0 Å². The van der Waals surface area contributed by atoms with Crippen molar-refractivity contribution in [2.24, 2.45) is 16.8 Å². The molecule has 1 heterocycles. The Bertz CT molecular complexity index is 131. The maximum absolute atomic E-state index is 10.3. The average Bonchev–Trinajstić information content (AvgIpc) is 2.12. The minimum atomic E-state index is -0.321. The zero-order chi connectivity index (χ0) is 5.98. The van der Waals surface area contributed by atoms with Gasteiger partial charge in [0.2, 0.25) is 5.91 Å². The van der Waals surface area contributed by atoms with Gasteiger partial charge in [0.1, 0.15) is 0 Å². The first kappa shape index (κ1) is 5.08. The fraction of sp³-hybridized carbons (Fsp3) is 0.500. The summed E-state index contributed by atoms with van der Waals surface area (Å²) in [4.78, 5) is 10.3. The van der Waals surface area contributed by atoms with Gasteiger partial charge in [-0.15, -0.1) is 0 Å². The molecule has 0 aliphatic carbocycles. The summed E-state index contributed by atoms with van der Waals surface area (Å²) in [7, 11) is 0. The molecule has 0 saturated heterocycles. The first-order chi connectivity index (χ1) is 3.80. The van der Waals surface area contributed by atoms with Crippen LogP contribution in [0.1, 0.15) is 0 Å². The van der Waals surface area contributed by atoms with Gasteiger partial charge in [-0.3, -0.25) is 4.79 Å². The second-order valence-corrected chi connectivity index (χ2v) is 1.65. The molecule has 0 radical (unpaired) electrons. The van der Waals surface area contributed by atoms with Crippen LogP contribution in [-0.2, 0) is 4.79 Å². The first-order valence-corrected chi connectivity index (χ1v) is 2.36. The van der Waals surface area contributed by atoms with Crippen molar-refractivity contribution in [3.05, 3.63) is 0 Å². The lowest BCUT2D eigenvalue weighted by molar-refractivity contribution is -0.119. The molecule has 1 rings (SSSR count). The van der Waals surface area contributed by atoms with Crippen LogP contribution in [0.25, 0.3) is 0 Å². The molecule has 0 aromatic carbocycles. The van der Waals surface area contributed by atoms with Gasteiger partial charge in [-0.1, -0.05) is 0 Å². The molecule has 1 atom stereocenters. The maximum Gasteiger partial charge on any atom is 0.227 e. The smallest absolute Gasteiger partial charge is 0.227 e. The number of carbonyl (C=O) groups is 1. The highest BCUT2D eigenvalue weighted by Gasteiger charge is 2.14. The van der Waals surface area contributed by atoms with Crippen molar-refractivity contribution < 1.29 is 4.79 Å². The van der Waals surface area contributed by atoms with E-state index in [9.17, 15) is 4.79 Å². The molecule has 0 fully saturated rings. The van der Waals surface area contributed by atoms with Crippen LogP contribution in [0, 0.1) is 5.92 Å². The number of nitrogens with two attached hydrogens (primary N) is 1. The van der Waals surface area contributed by atoms with Gasteiger partial charge >= 0.3 is 0 Å². The van der Waals surface area contributed by atoms with Crippen molar-refractivity contribution in [1.82, 2.24) is 5.43 Å². The highest BCUT2D eigenvalue weighted by molar-refractivity contribution is 5.93. The van der Waals surface area contributed by atoms with E-state index >= 15 is 0 Å². The van der Waals surface area contributed by atoms with E-state index in [1.54, 1.807) is 0 Å². The van der Waals surface area contributed by atoms with E-state index < -0.39 is 0 Å². The van der Waals surface area contributed by atoms with Crippen LogP contribution < -0.4 is 11.2 Å². The quantitative estimate of drug-likeness (QED) is 0.442. The lowest BCUT2D eigenvalue weighted by Gasteiger charge is -1.95. The lowest BCUT2D eigenvalue weighted by atomic mass is 10.2. The van der Waals surface area contributed by atoms with Gasteiger partial charge < -0.3 is 11.2 Å². The molecule has 3 N–H and O–H groups in total. The molecular formula is C4H7N3O. The van der Waals surface area contributed by atoms with Gasteiger partial charge in [0.25, 0.3) is 0 Å². The summed E-state index contributed by atoms with van der Waals surface area (Å²) in [6.45, 7) is 0.551. The summed E-state index contributed by atoms with van der Waals surface area (Å²) in [6, 6.07) is 0.